The summed E-state index contributed by atoms with van der Waals surface area (Å²) in [4.78, 5) is 24.8. The minimum Gasteiger partial charge on any atom is -0.326 e. The predicted octanol–water partition coefficient (Wildman–Crippen LogP) is 3.52. The maximum absolute atomic E-state index is 13.4. The summed E-state index contributed by atoms with van der Waals surface area (Å²) in [6.07, 6.45) is 0.118. The number of nitrogens with one attached hydrogen (secondary N) is 1. The Kier molecular flexibility index (Phi) is 5.63. The largest absolute Gasteiger partial charge is 0.326 e. The minimum atomic E-state index is -0.988. The monoisotopic (exact) mass is 332 g/mol. The molecule has 2 aromatic carbocycles. The molecule has 0 fully saturated rings. The highest BCUT2D eigenvalue weighted by Crippen LogP contribution is 2.19. The van der Waals surface area contributed by atoms with Crippen LogP contribution in [0.4, 0.5) is 20.2 Å². The molecule has 0 bridgehead atoms. The molecule has 0 aliphatic heterocycles. The molecular formula is C18H18F2N2O2. The zero-order valence-electron chi connectivity index (χ0n) is 13.5. The fourth-order valence-electron chi connectivity index (χ4n) is 2.34. The van der Waals surface area contributed by atoms with Crippen molar-refractivity contribution in [2.24, 2.45) is 0 Å². The maximum Gasteiger partial charge on any atom is 0.231 e. The van der Waals surface area contributed by atoms with Gasteiger partial charge in [0.05, 0.1) is 6.42 Å². The number of carbonyl (C=O) groups excluding carboxylic acids is 2. The van der Waals surface area contributed by atoms with Crippen molar-refractivity contribution in [1.29, 1.82) is 0 Å². The van der Waals surface area contributed by atoms with E-state index in [1.54, 1.807) is 31.2 Å². The van der Waals surface area contributed by atoms with E-state index in [0.29, 0.717) is 17.9 Å². The molecule has 0 aliphatic carbocycles. The van der Waals surface area contributed by atoms with E-state index in [2.05, 4.69) is 5.32 Å². The lowest BCUT2D eigenvalue weighted by Crippen LogP contribution is -2.32. The van der Waals surface area contributed by atoms with Crippen molar-refractivity contribution in [3.05, 3.63) is 59.7 Å². The summed E-state index contributed by atoms with van der Waals surface area (Å²) >= 11 is 0. The van der Waals surface area contributed by atoms with Gasteiger partial charge in [-0.25, -0.2) is 8.78 Å². The number of rotatable bonds is 5. The molecule has 1 N–H and O–H groups in total. The standard InChI is InChI=1S/C18H18F2N2O2/c1-3-22(15-8-9-16(19)17(20)11-15)18(24)10-13-4-6-14(7-5-13)21-12(2)23/h4-9,11H,3,10H2,1-2H3,(H,21,23). The third-order valence-corrected chi connectivity index (χ3v) is 3.46. The first-order valence-electron chi connectivity index (χ1n) is 7.52. The van der Waals surface area contributed by atoms with Crippen LogP contribution in [0, 0.1) is 11.6 Å². The van der Waals surface area contributed by atoms with Gasteiger partial charge in [0.2, 0.25) is 11.8 Å². The van der Waals surface area contributed by atoms with Crippen LogP contribution in [0.1, 0.15) is 19.4 Å². The predicted molar refractivity (Wildman–Crippen MR) is 88.8 cm³/mol. The molecule has 0 heterocycles. The van der Waals surface area contributed by atoms with Crippen molar-refractivity contribution < 1.29 is 18.4 Å². The number of benzene rings is 2. The number of carbonyl (C=O) groups is 2. The van der Waals surface area contributed by atoms with Crippen LogP contribution in [0.25, 0.3) is 0 Å². The lowest BCUT2D eigenvalue weighted by molar-refractivity contribution is -0.118. The first kappa shape index (κ1) is 17.6. The van der Waals surface area contributed by atoms with Crippen LogP contribution in [0.15, 0.2) is 42.5 Å². The summed E-state index contributed by atoms with van der Waals surface area (Å²) in [6, 6.07) is 10.3. The summed E-state index contributed by atoms with van der Waals surface area (Å²) in [7, 11) is 0. The van der Waals surface area contributed by atoms with E-state index in [0.717, 1.165) is 17.7 Å². The summed E-state index contributed by atoms with van der Waals surface area (Å²) in [6.45, 7) is 3.52. The molecule has 2 amide bonds. The molecule has 6 heteroatoms. The number of anilines is 2. The quantitative estimate of drug-likeness (QED) is 0.911. The second-order valence-electron chi connectivity index (χ2n) is 5.29. The van der Waals surface area contributed by atoms with E-state index in [4.69, 9.17) is 0 Å². The topological polar surface area (TPSA) is 49.4 Å². The molecule has 0 spiro atoms. The Morgan fingerprint density at radius 1 is 1.04 bits per heavy atom. The lowest BCUT2D eigenvalue weighted by Gasteiger charge is -2.21. The highest BCUT2D eigenvalue weighted by Gasteiger charge is 2.16. The van der Waals surface area contributed by atoms with Gasteiger partial charge in [0, 0.05) is 30.9 Å². The van der Waals surface area contributed by atoms with Gasteiger partial charge in [0.15, 0.2) is 11.6 Å². The van der Waals surface area contributed by atoms with Gasteiger partial charge >= 0.3 is 0 Å². The van der Waals surface area contributed by atoms with Gasteiger partial charge in [-0.15, -0.1) is 0 Å². The van der Waals surface area contributed by atoms with Crippen molar-refractivity contribution in [1.82, 2.24) is 0 Å². The first-order valence-corrected chi connectivity index (χ1v) is 7.52. The van der Waals surface area contributed by atoms with Crippen LogP contribution in [0.3, 0.4) is 0 Å². The number of halogens is 2. The second kappa shape index (κ2) is 7.68. The summed E-state index contributed by atoms with van der Waals surface area (Å²) in [5, 5.41) is 2.65. The third-order valence-electron chi connectivity index (χ3n) is 3.46. The van der Waals surface area contributed by atoms with Crippen molar-refractivity contribution >= 4 is 23.2 Å². The van der Waals surface area contributed by atoms with Gasteiger partial charge in [-0.1, -0.05) is 12.1 Å². The maximum atomic E-state index is 13.4. The molecule has 0 saturated heterocycles. The lowest BCUT2D eigenvalue weighted by atomic mass is 10.1. The molecule has 0 radical (unpaired) electrons. The van der Waals surface area contributed by atoms with Crippen LogP contribution in [-0.4, -0.2) is 18.4 Å². The fraction of sp³-hybridized carbons (Fsp3) is 0.222. The fourth-order valence-corrected chi connectivity index (χ4v) is 2.34. The Morgan fingerprint density at radius 3 is 2.25 bits per heavy atom. The van der Waals surface area contributed by atoms with E-state index in [1.807, 2.05) is 0 Å². The van der Waals surface area contributed by atoms with Crippen molar-refractivity contribution in [2.75, 3.05) is 16.8 Å². The average Bonchev–Trinajstić information content (AvgIpc) is 2.53. The van der Waals surface area contributed by atoms with Gasteiger partial charge in [-0.2, -0.15) is 0 Å². The number of likely N-dealkylation sites (N-methyl/N-ethyl adjacent to an activating group) is 1. The molecule has 2 rings (SSSR count). The Labute approximate surface area is 139 Å². The van der Waals surface area contributed by atoms with Crippen LogP contribution < -0.4 is 10.2 Å². The van der Waals surface area contributed by atoms with Crippen LogP contribution in [0.5, 0.6) is 0 Å². The second-order valence-corrected chi connectivity index (χ2v) is 5.29. The van der Waals surface area contributed by atoms with E-state index < -0.39 is 11.6 Å². The number of hydrogen-bond donors (Lipinski definition) is 1. The van der Waals surface area contributed by atoms with Crippen molar-refractivity contribution in [2.45, 2.75) is 20.3 Å². The SMILES string of the molecule is CCN(C(=O)Cc1ccc(NC(C)=O)cc1)c1ccc(F)c(F)c1. The third kappa shape index (κ3) is 4.38. The Bertz CT molecular complexity index is 745. The van der Waals surface area contributed by atoms with Crippen LogP contribution >= 0.6 is 0 Å². The summed E-state index contributed by atoms with van der Waals surface area (Å²) in [5.74, 6) is -2.33. The minimum absolute atomic E-state index is 0.118. The number of amides is 2. The highest BCUT2D eigenvalue weighted by molar-refractivity contribution is 5.95. The van der Waals surface area contributed by atoms with Crippen molar-refractivity contribution in [3.8, 4) is 0 Å². The van der Waals surface area contributed by atoms with Crippen LogP contribution in [0.2, 0.25) is 0 Å². The summed E-state index contributed by atoms with van der Waals surface area (Å²) < 4.78 is 26.4. The molecule has 0 aromatic heterocycles. The van der Waals surface area contributed by atoms with Crippen LogP contribution in [-0.2, 0) is 16.0 Å². The normalized spacial score (nSPS) is 10.3. The average molecular weight is 332 g/mol. The molecule has 0 atom stereocenters. The zero-order valence-corrected chi connectivity index (χ0v) is 13.5. The molecular weight excluding hydrogens is 314 g/mol. The Hall–Kier alpha value is -2.76. The van der Waals surface area contributed by atoms with Gasteiger partial charge in [-0.05, 0) is 36.8 Å². The first-order chi connectivity index (χ1) is 11.4. The molecule has 126 valence electrons. The Morgan fingerprint density at radius 2 is 1.71 bits per heavy atom. The van der Waals surface area contributed by atoms with E-state index in [1.165, 1.54) is 17.9 Å². The molecule has 2 aromatic rings. The highest BCUT2D eigenvalue weighted by atomic mass is 19.2. The number of hydrogen-bond acceptors (Lipinski definition) is 2. The van der Waals surface area contributed by atoms with Gasteiger partial charge in [0.1, 0.15) is 0 Å². The Balaban J connectivity index is 2.11. The number of nitrogens with zero attached hydrogens (tertiary/aromatic N) is 1. The molecule has 4 nitrogen and oxygen atoms in total. The molecule has 24 heavy (non-hydrogen) atoms. The van der Waals surface area contributed by atoms with E-state index in [9.17, 15) is 18.4 Å². The smallest absolute Gasteiger partial charge is 0.231 e. The molecule has 0 aliphatic rings. The zero-order chi connectivity index (χ0) is 17.7. The summed E-state index contributed by atoms with van der Waals surface area (Å²) in [5.41, 5.74) is 1.72. The molecule has 0 saturated carbocycles. The van der Waals surface area contributed by atoms with Gasteiger partial charge in [-0.3, -0.25) is 9.59 Å². The van der Waals surface area contributed by atoms with E-state index in [-0.39, 0.29) is 18.2 Å². The van der Waals surface area contributed by atoms with Gasteiger partial charge < -0.3 is 10.2 Å². The van der Waals surface area contributed by atoms with Gasteiger partial charge in [0.25, 0.3) is 0 Å². The van der Waals surface area contributed by atoms with E-state index >= 15 is 0 Å². The van der Waals surface area contributed by atoms with Crippen molar-refractivity contribution in [3.63, 3.8) is 0 Å². The molecule has 0 unspecified atom stereocenters.